The molecule has 4 rings (SSSR count). The topological polar surface area (TPSA) is 59.2 Å². The Kier molecular flexibility index (Phi) is 4.71. The number of hydrogen-bond donors (Lipinski definition) is 0. The Labute approximate surface area is 156 Å². The van der Waals surface area contributed by atoms with Crippen molar-refractivity contribution in [3.05, 3.63) is 71.4 Å². The number of amides is 1. The van der Waals surface area contributed by atoms with Gasteiger partial charge in [0.15, 0.2) is 0 Å². The number of carbonyl (C=O) groups is 1. The average Bonchev–Trinajstić information content (AvgIpc) is 3.19. The largest absolute Gasteiger partial charge is 0.339 e. The van der Waals surface area contributed by atoms with Crippen LogP contribution in [0, 0.1) is 12.7 Å². The highest BCUT2D eigenvalue weighted by molar-refractivity contribution is 5.95. The van der Waals surface area contributed by atoms with Gasteiger partial charge in [-0.25, -0.2) is 4.39 Å². The van der Waals surface area contributed by atoms with Crippen LogP contribution in [-0.4, -0.2) is 34.0 Å². The molecule has 1 aliphatic rings. The second kappa shape index (κ2) is 7.31. The Bertz CT molecular complexity index is 944. The van der Waals surface area contributed by atoms with Gasteiger partial charge in [0, 0.05) is 30.1 Å². The van der Waals surface area contributed by atoms with E-state index in [1.165, 1.54) is 12.1 Å². The standard InChI is InChI=1S/C21H20FN3O2/c1-14-4-2-3-5-18(14)21(26)25-12-10-16(11-13-25)20-23-19(24-27-20)15-6-8-17(22)9-7-15/h2-9,16H,10-13H2,1H3. The number of hydrogen-bond acceptors (Lipinski definition) is 4. The van der Waals surface area contributed by atoms with E-state index in [9.17, 15) is 9.18 Å². The third-order valence-electron chi connectivity index (χ3n) is 5.05. The second-order valence-electron chi connectivity index (χ2n) is 6.84. The number of carbonyl (C=O) groups excluding carboxylic acids is 1. The molecule has 138 valence electrons. The Hall–Kier alpha value is -3.02. The smallest absolute Gasteiger partial charge is 0.254 e. The number of aryl methyl sites for hydroxylation is 1. The highest BCUT2D eigenvalue weighted by Gasteiger charge is 2.28. The van der Waals surface area contributed by atoms with Crippen LogP contribution in [0.3, 0.4) is 0 Å². The Morgan fingerprint density at radius 3 is 2.52 bits per heavy atom. The fourth-order valence-corrected chi connectivity index (χ4v) is 3.43. The summed E-state index contributed by atoms with van der Waals surface area (Å²) >= 11 is 0. The van der Waals surface area contributed by atoms with Crippen LogP contribution in [0.4, 0.5) is 4.39 Å². The molecule has 1 amide bonds. The molecule has 0 bridgehead atoms. The molecule has 0 spiro atoms. The minimum atomic E-state index is -0.298. The van der Waals surface area contributed by atoms with E-state index in [1.807, 2.05) is 36.1 Å². The first-order chi connectivity index (χ1) is 13.1. The zero-order valence-corrected chi connectivity index (χ0v) is 15.1. The van der Waals surface area contributed by atoms with E-state index in [0.29, 0.717) is 24.8 Å². The maximum absolute atomic E-state index is 13.1. The van der Waals surface area contributed by atoms with Gasteiger partial charge in [-0.05, 0) is 55.7 Å². The zero-order chi connectivity index (χ0) is 18.8. The van der Waals surface area contributed by atoms with E-state index < -0.39 is 0 Å². The number of halogens is 1. The molecule has 2 aromatic carbocycles. The molecule has 0 unspecified atom stereocenters. The van der Waals surface area contributed by atoms with Gasteiger partial charge in [-0.1, -0.05) is 23.4 Å². The number of piperidine rings is 1. The first kappa shape index (κ1) is 17.4. The Morgan fingerprint density at radius 1 is 1.11 bits per heavy atom. The van der Waals surface area contributed by atoms with Crippen molar-refractivity contribution in [1.82, 2.24) is 15.0 Å². The van der Waals surface area contributed by atoms with Crippen LogP contribution in [0.1, 0.15) is 40.6 Å². The lowest BCUT2D eigenvalue weighted by molar-refractivity contribution is 0.0704. The normalized spacial score (nSPS) is 15.1. The summed E-state index contributed by atoms with van der Waals surface area (Å²) in [6, 6.07) is 13.7. The van der Waals surface area contributed by atoms with Gasteiger partial charge in [0.2, 0.25) is 11.7 Å². The second-order valence-corrected chi connectivity index (χ2v) is 6.84. The predicted octanol–water partition coefficient (Wildman–Crippen LogP) is 4.20. The maximum Gasteiger partial charge on any atom is 0.254 e. The highest BCUT2D eigenvalue weighted by atomic mass is 19.1. The van der Waals surface area contributed by atoms with Gasteiger partial charge in [-0.2, -0.15) is 4.98 Å². The maximum atomic E-state index is 13.1. The molecule has 0 radical (unpaired) electrons. The summed E-state index contributed by atoms with van der Waals surface area (Å²) in [6.45, 7) is 3.27. The fraction of sp³-hybridized carbons (Fsp3) is 0.286. The summed E-state index contributed by atoms with van der Waals surface area (Å²) in [4.78, 5) is 19.1. The number of nitrogens with zero attached hydrogens (tertiary/aromatic N) is 3. The van der Waals surface area contributed by atoms with Crippen molar-refractivity contribution in [3.63, 3.8) is 0 Å². The average molecular weight is 365 g/mol. The quantitative estimate of drug-likeness (QED) is 0.698. The third-order valence-corrected chi connectivity index (χ3v) is 5.05. The monoisotopic (exact) mass is 365 g/mol. The molecule has 1 aliphatic heterocycles. The molecular formula is C21H20FN3O2. The lowest BCUT2D eigenvalue weighted by Gasteiger charge is -2.30. The van der Waals surface area contributed by atoms with E-state index in [2.05, 4.69) is 10.1 Å². The summed E-state index contributed by atoms with van der Waals surface area (Å²) in [5, 5.41) is 4.02. The Balaban J connectivity index is 1.42. The predicted molar refractivity (Wildman–Crippen MR) is 98.7 cm³/mol. The highest BCUT2D eigenvalue weighted by Crippen LogP contribution is 2.29. The van der Waals surface area contributed by atoms with Crippen molar-refractivity contribution in [2.75, 3.05) is 13.1 Å². The van der Waals surface area contributed by atoms with E-state index in [-0.39, 0.29) is 17.6 Å². The molecule has 6 heteroatoms. The molecule has 0 aliphatic carbocycles. The van der Waals surface area contributed by atoms with Crippen molar-refractivity contribution < 1.29 is 13.7 Å². The molecule has 0 saturated carbocycles. The van der Waals surface area contributed by atoms with Gasteiger partial charge in [0.25, 0.3) is 5.91 Å². The van der Waals surface area contributed by atoms with Crippen LogP contribution < -0.4 is 0 Å². The first-order valence-corrected chi connectivity index (χ1v) is 9.06. The summed E-state index contributed by atoms with van der Waals surface area (Å²) in [5.41, 5.74) is 2.47. The minimum absolute atomic E-state index is 0.0732. The molecule has 0 atom stereocenters. The van der Waals surface area contributed by atoms with Gasteiger partial charge in [0.05, 0.1) is 0 Å². The number of likely N-dealkylation sites (tertiary alicyclic amines) is 1. The lowest BCUT2D eigenvalue weighted by atomic mass is 9.96. The van der Waals surface area contributed by atoms with Gasteiger partial charge in [-0.15, -0.1) is 0 Å². The molecule has 3 aromatic rings. The zero-order valence-electron chi connectivity index (χ0n) is 15.1. The minimum Gasteiger partial charge on any atom is -0.339 e. The molecule has 0 N–H and O–H groups in total. The van der Waals surface area contributed by atoms with Crippen LogP contribution in [-0.2, 0) is 0 Å². The number of rotatable bonds is 3. The number of benzene rings is 2. The van der Waals surface area contributed by atoms with E-state index >= 15 is 0 Å². The Morgan fingerprint density at radius 2 is 1.81 bits per heavy atom. The van der Waals surface area contributed by atoms with Crippen LogP contribution in [0.15, 0.2) is 53.1 Å². The van der Waals surface area contributed by atoms with Gasteiger partial charge in [0.1, 0.15) is 5.82 Å². The van der Waals surface area contributed by atoms with Gasteiger partial charge < -0.3 is 9.42 Å². The van der Waals surface area contributed by atoms with Crippen molar-refractivity contribution in [1.29, 1.82) is 0 Å². The third kappa shape index (κ3) is 3.60. The molecule has 1 aromatic heterocycles. The fourth-order valence-electron chi connectivity index (χ4n) is 3.43. The summed E-state index contributed by atoms with van der Waals surface area (Å²) < 4.78 is 18.5. The molecular weight excluding hydrogens is 345 g/mol. The molecule has 27 heavy (non-hydrogen) atoms. The number of aromatic nitrogens is 2. The van der Waals surface area contributed by atoms with Gasteiger partial charge in [-0.3, -0.25) is 4.79 Å². The first-order valence-electron chi connectivity index (χ1n) is 9.06. The van der Waals surface area contributed by atoms with E-state index in [0.717, 1.165) is 29.5 Å². The molecule has 5 nitrogen and oxygen atoms in total. The molecule has 1 saturated heterocycles. The summed E-state index contributed by atoms with van der Waals surface area (Å²) in [5.74, 6) is 0.950. The van der Waals surface area contributed by atoms with E-state index in [1.54, 1.807) is 12.1 Å². The van der Waals surface area contributed by atoms with E-state index in [4.69, 9.17) is 4.52 Å². The van der Waals surface area contributed by atoms with Crippen molar-refractivity contribution in [2.24, 2.45) is 0 Å². The van der Waals surface area contributed by atoms with Crippen molar-refractivity contribution in [2.45, 2.75) is 25.7 Å². The van der Waals surface area contributed by atoms with Crippen LogP contribution in [0.5, 0.6) is 0 Å². The molecule has 1 fully saturated rings. The lowest BCUT2D eigenvalue weighted by Crippen LogP contribution is -2.38. The molecule has 2 heterocycles. The summed E-state index contributed by atoms with van der Waals surface area (Å²) in [6.07, 6.45) is 1.56. The van der Waals surface area contributed by atoms with Crippen LogP contribution in [0.2, 0.25) is 0 Å². The summed E-state index contributed by atoms with van der Waals surface area (Å²) in [7, 11) is 0. The SMILES string of the molecule is Cc1ccccc1C(=O)N1CCC(c2nc(-c3ccc(F)cc3)no2)CC1. The van der Waals surface area contributed by atoms with Crippen LogP contribution >= 0.6 is 0 Å². The van der Waals surface area contributed by atoms with Crippen molar-refractivity contribution >= 4 is 5.91 Å². The van der Waals surface area contributed by atoms with Crippen molar-refractivity contribution in [3.8, 4) is 11.4 Å². The van der Waals surface area contributed by atoms with Crippen LogP contribution in [0.25, 0.3) is 11.4 Å². The van der Waals surface area contributed by atoms with Gasteiger partial charge >= 0.3 is 0 Å².